The molecule has 3 nitrogen and oxygen atoms in total. The van der Waals surface area contributed by atoms with E-state index in [1.165, 1.54) is 38.8 Å². The predicted molar refractivity (Wildman–Crippen MR) is 62.6 cm³/mol. The van der Waals surface area contributed by atoms with E-state index in [-0.39, 0.29) is 6.04 Å². The third-order valence-corrected chi connectivity index (χ3v) is 3.04. The molecule has 0 radical (unpaired) electrons. The van der Waals surface area contributed by atoms with Gasteiger partial charge in [-0.15, -0.1) is 0 Å². The van der Waals surface area contributed by atoms with Gasteiger partial charge in [-0.05, 0) is 38.9 Å². The molecule has 0 aromatic rings. The molecule has 0 aromatic carbocycles. The summed E-state index contributed by atoms with van der Waals surface area (Å²) in [6.45, 7) is 6.47. The molecule has 1 rings (SSSR count). The summed E-state index contributed by atoms with van der Waals surface area (Å²) in [5.41, 5.74) is 0. The average Bonchev–Trinajstić information content (AvgIpc) is 2.52. The van der Waals surface area contributed by atoms with Crippen molar-refractivity contribution in [3.8, 4) is 6.07 Å². The van der Waals surface area contributed by atoms with Crippen LogP contribution >= 0.6 is 0 Å². The van der Waals surface area contributed by atoms with Gasteiger partial charge in [0.15, 0.2) is 0 Å². The van der Waals surface area contributed by atoms with Gasteiger partial charge in [-0.1, -0.05) is 19.8 Å². The monoisotopic (exact) mass is 209 g/mol. The van der Waals surface area contributed by atoms with E-state index in [1.54, 1.807) is 0 Å². The molecular formula is C12H23N3. The highest BCUT2D eigenvalue weighted by molar-refractivity contribution is 4.89. The van der Waals surface area contributed by atoms with Crippen molar-refractivity contribution in [2.45, 2.75) is 45.1 Å². The lowest BCUT2D eigenvalue weighted by Crippen LogP contribution is -2.33. The van der Waals surface area contributed by atoms with Gasteiger partial charge in [0.25, 0.3) is 0 Å². The minimum atomic E-state index is 0.0400. The number of hydrogen-bond donors (Lipinski definition) is 1. The first-order valence-corrected chi connectivity index (χ1v) is 6.22. The largest absolute Gasteiger partial charge is 0.303 e. The molecular weight excluding hydrogens is 186 g/mol. The molecule has 3 heteroatoms. The second-order valence-corrected chi connectivity index (χ2v) is 4.28. The fourth-order valence-electron chi connectivity index (χ4n) is 2.13. The van der Waals surface area contributed by atoms with Crippen LogP contribution in [0.25, 0.3) is 0 Å². The average molecular weight is 209 g/mol. The van der Waals surface area contributed by atoms with Crippen molar-refractivity contribution in [1.29, 1.82) is 5.26 Å². The molecule has 1 unspecified atom stereocenters. The highest BCUT2D eigenvalue weighted by Crippen LogP contribution is 2.10. The topological polar surface area (TPSA) is 39.1 Å². The van der Waals surface area contributed by atoms with E-state index in [2.05, 4.69) is 23.2 Å². The van der Waals surface area contributed by atoms with Crippen LogP contribution in [0, 0.1) is 11.3 Å². The summed E-state index contributed by atoms with van der Waals surface area (Å²) >= 11 is 0. The second-order valence-electron chi connectivity index (χ2n) is 4.28. The summed E-state index contributed by atoms with van der Waals surface area (Å²) in [7, 11) is 0. The van der Waals surface area contributed by atoms with Gasteiger partial charge in [0.05, 0.1) is 12.1 Å². The van der Waals surface area contributed by atoms with Crippen molar-refractivity contribution in [2.24, 2.45) is 0 Å². The van der Waals surface area contributed by atoms with Crippen molar-refractivity contribution in [3.05, 3.63) is 0 Å². The molecule has 1 atom stereocenters. The lowest BCUT2D eigenvalue weighted by atomic mass is 10.2. The van der Waals surface area contributed by atoms with Crippen LogP contribution in [0.1, 0.15) is 39.0 Å². The molecule has 1 heterocycles. The zero-order valence-electron chi connectivity index (χ0n) is 9.84. The maximum Gasteiger partial charge on any atom is 0.0965 e. The lowest BCUT2D eigenvalue weighted by molar-refractivity contribution is 0.274. The highest BCUT2D eigenvalue weighted by atomic mass is 15.1. The quantitative estimate of drug-likeness (QED) is 0.750. The van der Waals surface area contributed by atoms with E-state index in [0.717, 1.165) is 19.5 Å². The zero-order valence-corrected chi connectivity index (χ0v) is 9.84. The number of hydrogen-bond acceptors (Lipinski definition) is 3. The summed E-state index contributed by atoms with van der Waals surface area (Å²) in [6, 6.07) is 2.36. The van der Waals surface area contributed by atoms with Gasteiger partial charge in [0.2, 0.25) is 0 Å². The van der Waals surface area contributed by atoms with Crippen LogP contribution in [-0.4, -0.2) is 37.1 Å². The Morgan fingerprint density at radius 1 is 1.27 bits per heavy atom. The minimum absolute atomic E-state index is 0.0400. The first kappa shape index (κ1) is 12.5. The molecule has 0 spiro atoms. The molecule has 0 aliphatic carbocycles. The lowest BCUT2D eigenvalue weighted by Gasteiger charge is -2.21. The number of rotatable bonds is 5. The van der Waals surface area contributed by atoms with Gasteiger partial charge in [-0.25, -0.2) is 0 Å². The third-order valence-electron chi connectivity index (χ3n) is 3.04. The molecule has 0 aromatic heterocycles. The van der Waals surface area contributed by atoms with E-state index < -0.39 is 0 Å². The minimum Gasteiger partial charge on any atom is -0.303 e. The summed E-state index contributed by atoms with van der Waals surface area (Å²) in [5, 5.41) is 12.1. The Hall–Kier alpha value is -0.590. The molecule has 0 saturated carbocycles. The van der Waals surface area contributed by atoms with Crippen LogP contribution in [0.2, 0.25) is 0 Å². The van der Waals surface area contributed by atoms with Crippen LogP contribution in [-0.2, 0) is 0 Å². The molecule has 86 valence electrons. The van der Waals surface area contributed by atoms with E-state index in [4.69, 9.17) is 5.26 Å². The van der Waals surface area contributed by atoms with Crippen molar-refractivity contribution in [2.75, 3.05) is 26.2 Å². The second kappa shape index (κ2) is 7.67. The Morgan fingerprint density at radius 3 is 2.47 bits per heavy atom. The van der Waals surface area contributed by atoms with Crippen LogP contribution in [0.3, 0.4) is 0 Å². The Morgan fingerprint density at radius 2 is 1.93 bits per heavy atom. The normalized spacial score (nSPS) is 20.5. The van der Waals surface area contributed by atoms with Crippen molar-refractivity contribution in [1.82, 2.24) is 10.2 Å². The zero-order chi connectivity index (χ0) is 10.9. The number of nitrogens with zero attached hydrogens (tertiary/aromatic N) is 2. The Labute approximate surface area is 93.5 Å². The van der Waals surface area contributed by atoms with Crippen LogP contribution < -0.4 is 5.32 Å². The van der Waals surface area contributed by atoms with Gasteiger partial charge < -0.3 is 10.2 Å². The van der Waals surface area contributed by atoms with Crippen molar-refractivity contribution in [3.63, 3.8) is 0 Å². The number of nitriles is 1. The highest BCUT2D eigenvalue weighted by Gasteiger charge is 2.11. The van der Waals surface area contributed by atoms with Crippen molar-refractivity contribution < 1.29 is 0 Å². The van der Waals surface area contributed by atoms with E-state index in [9.17, 15) is 0 Å². The first-order valence-electron chi connectivity index (χ1n) is 6.22. The fourth-order valence-corrected chi connectivity index (χ4v) is 2.13. The molecule has 1 fully saturated rings. The molecule has 15 heavy (non-hydrogen) atoms. The SMILES string of the molecule is CCNC(C#N)CCN1CCCCCC1. The standard InChI is InChI=1S/C12H23N3/c1-2-14-12(11-13)7-10-15-8-5-3-4-6-9-15/h12,14H,2-10H2,1H3. The first-order chi connectivity index (χ1) is 7.36. The number of likely N-dealkylation sites (tertiary alicyclic amines) is 1. The molecule has 1 saturated heterocycles. The number of nitrogens with one attached hydrogen (secondary N) is 1. The molecule has 0 bridgehead atoms. The maximum atomic E-state index is 8.91. The van der Waals surface area contributed by atoms with Gasteiger partial charge in [-0.2, -0.15) is 5.26 Å². The summed E-state index contributed by atoms with van der Waals surface area (Å²) in [4.78, 5) is 2.51. The Kier molecular flexibility index (Phi) is 6.38. The Bertz CT molecular complexity index is 190. The predicted octanol–water partition coefficient (Wildman–Crippen LogP) is 1.75. The van der Waals surface area contributed by atoms with Gasteiger partial charge in [-0.3, -0.25) is 0 Å². The maximum absolute atomic E-state index is 8.91. The van der Waals surface area contributed by atoms with E-state index >= 15 is 0 Å². The van der Waals surface area contributed by atoms with Gasteiger partial charge >= 0.3 is 0 Å². The molecule has 1 aliphatic heterocycles. The smallest absolute Gasteiger partial charge is 0.0965 e. The van der Waals surface area contributed by atoms with Gasteiger partial charge in [0, 0.05) is 6.54 Å². The third kappa shape index (κ3) is 5.15. The van der Waals surface area contributed by atoms with Gasteiger partial charge in [0.1, 0.15) is 0 Å². The van der Waals surface area contributed by atoms with E-state index in [1.807, 2.05) is 0 Å². The molecule has 1 N–H and O–H groups in total. The summed E-state index contributed by atoms with van der Waals surface area (Å²) < 4.78 is 0. The van der Waals surface area contributed by atoms with E-state index in [0.29, 0.717) is 0 Å². The van der Waals surface area contributed by atoms with Crippen LogP contribution in [0.4, 0.5) is 0 Å². The van der Waals surface area contributed by atoms with Crippen LogP contribution in [0.15, 0.2) is 0 Å². The molecule has 1 aliphatic rings. The van der Waals surface area contributed by atoms with Crippen molar-refractivity contribution >= 4 is 0 Å². The van der Waals surface area contributed by atoms with Crippen LogP contribution in [0.5, 0.6) is 0 Å². The Balaban J connectivity index is 2.19. The summed E-state index contributed by atoms with van der Waals surface area (Å²) in [5.74, 6) is 0. The molecule has 0 amide bonds. The summed E-state index contributed by atoms with van der Waals surface area (Å²) in [6.07, 6.45) is 6.39. The fraction of sp³-hybridized carbons (Fsp3) is 0.917.